The standard InChI is InChI=1S/C22H40OSi/c1-21-14-7-6-8-16(21)9-10-17-18-11-12-20(23-24(3,4)5)22(18,2)15-13-19(17)21/h16-20H,6-15H2,1-5H3/t16-,17+,18+,19+,20+,21+,22+/m1/s1. The van der Waals surface area contributed by atoms with Gasteiger partial charge in [0, 0.05) is 0 Å². The first-order valence-corrected chi connectivity index (χ1v) is 14.3. The highest BCUT2D eigenvalue weighted by atomic mass is 28.4. The van der Waals surface area contributed by atoms with Gasteiger partial charge in [0.05, 0.1) is 6.10 Å². The monoisotopic (exact) mass is 348 g/mol. The zero-order valence-corrected chi connectivity index (χ0v) is 17.9. The number of hydrogen-bond donors (Lipinski definition) is 0. The van der Waals surface area contributed by atoms with E-state index < -0.39 is 8.32 Å². The molecule has 0 aliphatic heterocycles. The second kappa shape index (κ2) is 5.84. The average Bonchev–Trinajstić information content (AvgIpc) is 2.82. The molecule has 4 aliphatic rings. The van der Waals surface area contributed by atoms with Gasteiger partial charge in [-0.15, -0.1) is 0 Å². The van der Waals surface area contributed by atoms with Crippen molar-refractivity contribution >= 4 is 8.32 Å². The smallest absolute Gasteiger partial charge is 0.184 e. The first-order valence-electron chi connectivity index (χ1n) is 10.9. The van der Waals surface area contributed by atoms with Crippen LogP contribution in [0, 0.1) is 34.5 Å². The first kappa shape index (κ1) is 17.6. The molecule has 0 amide bonds. The lowest BCUT2D eigenvalue weighted by atomic mass is 9.45. The third-order valence-corrected chi connectivity index (χ3v) is 9.98. The summed E-state index contributed by atoms with van der Waals surface area (Å²) in [7, 11) is -1.43. The van der Waals surface area contributed by atoms with Crippen molar-refractivity contribution in [2.24, 2.45) is 34.5 Å². The molecule has 4 rings (SSSR count). The van der Waals surface area contributed by atoms with Gasteiger partial charge in [0.1, 0.15) is 0 Å². The minimum Gasteiger partial charge on any atom is -0.414 e. The van der Waals surface area contributed by atoms with Gasteiger partial charge < -0.3 is 4.43 Å². The molecule has 0 saturated heterocycles. The summed E-state index contributed by atoms with van der Waals surface area (Å²) in [6.45, 7) is 12.4. The molecule has 0 radical (unpaired) electrons. The minimum absolute atomic E-state index is 0.485. The van der Waals surface area contributed by atoms with Crippen LogP contribution >= 0.6 is 0 Å². The van der Waals surface area contributed by atoms with E-state index in [0.29, 0.717) is 16.9 Å². The van der Waals surface area contributed by atoms with E-state index in [1.165, 1.54) is 64.2 Å². The van der Waals surface area contributed by atoms with Crippen LogP contribution in [0.1, 0.15) is 78.1 Å². The Balaban J connectivity index is 1.57. The Labute approximate surface area is 151 Å². The molecule has 0 aromatic heterocycles. The molecule has 138 valence electrons. The summed E-state index contributed by atoms with van der Waals surface area (Å²) >= 11 is 0. The Hall–Kier alpha value is 0.177. The van der Waals surface area contributed by atoms with Gasteiger partial charge in [-0.05, 0) is 106 Å². The molecule has 0 aromatic carbocycles. The lowest BCUT2D eigenvalue weighted by Crippen LogP contribution is -2.54. The Morgan fingerprint density at radius 2 is 1.50 bits per heavy atom. The van der Waals surface area contributed by atoms with Crippen LogP contribution in [0.15, 0.2) is 0 Å². The largest absolute Gasteiger partial charge is 0.414 e. The number of fused-ring (bicyclic) bond motifs is 5. The Morgan fingerprint density at radius 3 is 2.25 bits per heavy atom. The summed E-state index contributed by atoms with van der Waals surface area (Å²) in [4.78, 5) is 0. The molecule has 2 heteroatoms. The minimum atomic E-state index is -1.43. The predicted molar refractivity (Wildman–Crippen MR) is 105 cm³/mol. The van der Waals surface area contributed by atoms with Crippen molar-refractivity contribution in [1.82, 2.24) is 0 Å². The fourth-order valence-electron chi connectivity index (χ4n) is 7.87. The quantitative estimate of drug-likeness (QED) is 0.508. The zero-order valence-electron chi connectivity index (χ0n) is 16.9. The second-order valence-electron chi connectivity index (χ2n) is 11.2. The molecule has 0 bridgehead atoms. The summed E-state index contributed by atoms with van der Waals surface area (Å²) < 4.78 is 6.72. The average molecular weight is 349 g/mol. The van der Waals surface area contributed by atoms with Crippen molar-refractivity contribution < 1.29 is 4.43 Å². The van der Waals surface area contributed by atoms with Crippen LogP contribution in [0.5, 0.6) is 0 Å². The van der Waals surface area contributed by atoms with Crippen LogP contribution in [0.4, 0.5) is 0 Å². The van der Waals surface area contributed by atoms with E-state index in [1.54, 1.807) is 0 Å². The molecule has 0 N–H and O–H groups in total. The summed E-state index contributed by atoms with van der Waals surface area (Å²) in [5.74, 6) is 4.04. The van der Waals surface area contributed by atoms with Gasteiger partial charge in [0.15, 0.2) is 8.32 Å². The second-order valence-corrected chi connectivity index (χ2v) is 15.7. The van der Waals surface area contributed by atoms with Gasteiger partial charge in [-0.2, -0.15) is 0 Å². The topological polar surface area (TPSA) is 9.23 Å². The number of rotatable bonds is 2. The Morgan fingerprint density at radius 1 is 0.750 bits per heavy atom. The van der Waals surface area contributed by atoms with Crippen LogP contribution in [0.2, 0.25) is 19.6 Å². The first-order chi connectivity index (χ1) is 11.2. The maximum atomic E-state index is 6.72. The summed E-state index contributed by atoms with van der Waals surface area (Å²) in [5, 5.41) is 0. The van der Waals surface area contributed by atoms with Crippen molar-refractivity contribution in [3.63, 3.8) is 0 Å². The SMILES string of the molecule is C[C@]12CCCC[C@@H]1CC[C@@H]1[C@@H]2CC[C@]2(C)[C@@H](O[Si](C)(C)C)CC[C@@H]12. The van der Waals surface area contributed by atoms with E-state index in [4.69, 9.17) is 4.43 Å². The van der Waals surface area contributed by atoms with Gasteiger partial charge >= 0.3 is 0 Å². The van der Waals surface area contributed by atoms with Crippen LogP contribution in [-0.4, -0.2) is 14.4 Å². The molecule has 4 aliphatic carbocycles. The highest BCUT2D eigenvalue weighted by molar-refractivity contribution is 6.69. The van der Waals surface area contributed by atoms with Crippen molar-refractivity contribution in [2.45, 2.75) is 104 Å². The summed E-state index contributed by atoms with van der Waals surface area (Å²) in [6, 6.07) is 0. The van der Waals surface area contributed by atoms with Gasteiger partial charge in [-0.1, -0.05) is 26.7 Å². The fourth-order valence-corrected chi connectivity index (χ4v) is 9.11. The van der Waals surface area contributed by atoms with Crippen molar-refractivity contribution in [3.05, 3.63) is 0 Å². The molecular weight excluding hydrogens is 308 g/mol. The summed E-state index contributed by atoms with van der Waals surface area (Å²) in [5.41, 5.74) is 1.17. The van der Waals surface area contributed by atoms with E-state index in [1.807, 2.05) is 0 Å². The number of hydrogen-bond acceptors (Lipinski definition) is 1. The highest BCUT2D eigenvalue weighted by Crippen LogP contribution is 2.66. The summed E-state index contributed by atoms with van der Waals surface area (Å²) in [6.07, 6.45) is 15.4. The van der Waals surface area contributed by atoms with Gasteiger partial charge in [0.2, 0.25) is 0 Å². The maximum Gasteiger partial charge on any atom is 0.184 e. The highest BCUT2D eigenvalue weighted by Gasteiger charge is 2.60. The van der Waals surface area contributed by atoms with E-state index in [2.05, 4.69) is 33.5 Å². The molecule has 24 heavy (non-hydrogen) atoms. The van der Waals surface area contributed by atoms with Crippen molar-refractivity contribution in [3.8, 4) is 0 Å². The van der Waals surface area contributed by atoms with Crippen LogP contribution in [0.25, 0.3) is 0 Å². The maximum absolute atomic E-state index is 6.72. The van der Waals surface area contributed by atoms with Crippen molar-refractivity contribution in [1.29, 1.82) is 0 Å². The molecule has 4 saturated carbocycles. The third kappa shape index (κ3) is 2.66. The molecule has 7 atom stereocenters. The molecule has 0 aromatic rings. The molecule has 0 unspecified atom stereocenters. The van der Waals surface area contributed by atoms with Crippen molar-refractivity contribution in [2.75, 3.05) is 0 Å². The Kier molecular flexibility index (Phi) is 4.28. The van der Waals surface area contributed by atoms with E-state index in [9.17, 15) is 0 Å². The van der Waals surface area contributed by atoms with Crippen LogP contribution < -0.4 is 0 Å². The normalized spacial score (nSPS) is 51.6. The van der Waals surface area contributed by atoms with Crippen LogP contribution in [0.3, 0.4) is 0 Å². The fraction of sp³-hybridized carbons (Fsp3) is 1.00. The van der Waals surface area contributed by atoms with Gasteiger partial charge in [0.25, 0.3) is 0 Å². The molecule has 4 fully saturated rings. The zero-order chi connectivity index (χ0) is 17.2. The van der Waals surface area contributed by atoms with Crippen LogP contribution in [-0.2, 0) is 4.43 Å². The van der Waals surface area contributed by atoms with E-state index in [-0.39, 0.29) is 0 Å². The van der Waals surface area contributed by atoms with Gasteiger partial charge in [-0.25, -0.2) is 0 Å². The Bertz CT molecular complexity index is 483. The van der Waals surface area contributed by atoms with E-state index in [0.717, 1.165) is 23.7 Å². The molecule has 1 nitrogen and oxygen atoms in total. The lowest BCUT2D eigenvalue weighted by Gasteiger charge is -2.60. The third-order valence-electron chi connectivity index (χ3n) is 8.99. The molecule has 0 heterocycles. The van der Waals surface area contributed by atoms with E-state index >= 15 is 0 Å². The van der Waals surface area contributed by atoms with Gasteiger partial charge in [-0.3, -0.25) is 0 Å². The molecule has 0 spiro atoms. The predicted octanol–water partition coefficient (Wildman–Crippen LogP) is 6.64. The molecular formula is C22H40OSi. The lowest BCUT2D eigenvalue weighted by molar-refractivity contribution is -0.118.